The Balaban J connectivity index is 1.99. The molecular formula is C17H20N4O2S. The molecule has 0 unspecified atom stereocenters. The van der Waals surface area contributed by atoms with Crippen molar-refractivity contribution >= 4 is 23.8 Å². The van der Waals surface area contributed by atoms with Crippen molar-refractivity contribution in [2.24, 2.45) is 5.10 Å². The predicted molar refractivity (Wildman–Crippen MR) is 96.7 cm³/mol. The van der Waals surface area contributed by atoms with Crippen molar-refractivity contribution in [2.75, 3.05) is 0 Å². The Kier molecular flexibility index (Phi) is 6.20. The molecule has 7 heteroatoms. The van der Waals surface area contributed by atoms with E-state index in [1.165, 1.54) is 11.6 Å². The Morgan fingerprint density at radius 2 is 1.96 bits per heavy atom. The van der Waals surface area contributed by atoms with Crippen LogP contribution in [0.3, 0.4) is 0 Å². The molecule has 0 saturated carbocycles. The first-order chi connectivity index (χ1) is 11.5. The van der Waals surface area contributed by atoms with Gasteiger partial charge in [-0.2, -0.15) is 5.10 Å². The van der Waals surface area contributed by atoms with Gasteiger partial charge in [0.05, 0.1) is 12.1 Å². The van der Waals surface area contributed by atoms with Gasteiger partial charge in [-0.1, -0.05) is 37.6 Å². The molecule has 0 aliphatic heterocycles. The lowest BCUT2D eigenvalue weighted by Gasteiger charge is -2.05. The van der Waals surface area contributed by atoms with Gasteiger partial charge < -0.3 is 4.98 Å². The SMILES string of the molecule is CCCc1ccc(/C(C)=N\NC(=O)Cc2cc(=O)[nH]c(=S)[nH]2)cc1. The number of carbonyl (C=O) groups is 1. The number of nitrogens with one attached hydrogen (secondary N) is 3. The van der Waals surface area contributed by atoms with Gasteiger partial charge in [-0.15, -0.1) is 0 Å². The zero-order chi connectivity index (χ0) is 17.5. The van der Waals surface area contributed by atoms with Crippen LogP contribution in [-0.4, -0.2) is 21.6 Å². The Hall–Kier alpha value is -2.54. The average Bonchev–Trinajstić information content (AvgIpc) is 2.52. The lowest BCUT2D eigenvalue weighted by Crippen LogP contribution is -2.23. The number of amides is 1. The molecule has 24 heavy (non-hydrogen) atoms. The highest BCUT2D eigenvalue weighted by atomic mass is 32.1. The van der Waals surface area contributed by atoms with Crippen molar-refractivity contribution in [1.29, 1.82) is 0 Å². The van der Waals surface area contributed by atoms with Gasteiger partial charge in [0.2, 0.25) is 5.91 Å². The number of hydrazone groups is 1. The summed E-state index contributed by atoms with van der Waals surface area (Å²) in [5.41, 5.74) is 5.54. The Bertz CT molecular complexity index is 822. The predicted octanol–water partition coefficient (Wildman–Crippen LogP) is 2.47. The number of aromatic amines is 2. The fourth-order valence-electron chi connectivity index (χ4n) is 2.24. The third kappa shape index (κ3) is 5.27. The molecule has 126 valence electrons. The number of nitrogens with zero attached hydrogens (tertiary/aromatic N) is 1. The summed E-state index contributed by atoms with van der Waals surface area (Å²) in [7, 11) is 0. The number of H-pyrrole nitrogens is 2. The molecule has 0 radical (unpaired) electrons. The largest absolute Gasteiger partial charge is 0.335 e. The first-order valence-corrected chi connectivity index (χ1v) is 8.13. The van der Waals surface area contributed by atoms with Crippen molar-refractivity contribution in [3.05, 3.63) is 62.3 Å². The van der Waals surface area contributed by atoms with Crippen molar-refractivity contribution in [2.45, 2.75) is 33.1 Å². The minimum Gasteiger partial charge on any atom is -0.335 e. The second-order valence-electron chi connectivity index (χ2n) is 5.47. The van der Waals surface area contributed by atoms with Gasteiger partial charge in [0.25, 0.3) is 5.56 Å². The van der Waals surface area contributed by atoms with Crippen LogP contribution in [0.2, 0.25) is 0 Å². The van der Waals surface area contributed by atoms with Crippen molar-refractivity contribution in [3.63, 3.8) is 0 Å². The van der Waals surface area contributed by atoms with Crippen LogP contribution in [0.1, 0.15) is 37.1 Å². The minimum atomic E-state index is -0.339. The molecule has 1 aromatic carbocycles. The van der Waals surface area contributed by atoms with E-state index in [0.717, 1.165) is 18.4 Å². The number of hydrogen-bond acceptors (Lipinski definition) is 4. The van der Waals surface area contributed by atoms with Crippen LogP contribution in [0.5, 0.6) is 0 Å². The quantitative estimate of drug-likeness (QED) is 0.427. The lowest BCUT2D eigenvalue weighted by molar-refractivity contribution is -0.120. The molecule has 1 heterocycles. The number of carbonyl (C=O) groups excluding carboxylic acids is 1. The van der Waals surface area contributed by atoms with Gasteiger partial charge in [0.15, 0.2) is 4.77 Å². The van der Waals surface area contributed by atoms with Gasteiger partial charge in [-0.3, -0.25) is 14.6 Å². The molecule has 6 nitrogen and oxygen atoms in total. The number of aromatic nitrogens is 2. The maximum Gasteiger partial charge on any atom is 0.251 e. The van der Waals surface area contributed by atoms with Crippen molar-refractivity contribution in [3.8, 4) is 0 Å². The average molecular weight is 344 g/mol. The maximum absolute atomic E-state index is 11.9. The second kappa shape index (κ2) is 8.35. The molecule has 0 fully saturated rings. The van der Waals surface area contributed by atoms with Crippen molar-refractivity contribution in [1.82, 2.24) is 15.4 Å². The van der Waals surface area contributed by atoms with Crippen LogP contribution in [-0.2, 0) is 17.6 Å². The van der Waals surface area contributed by atoms with Crippen molar-refractivity contribution < 1.29 is 4.79 Å². The van der Waals surface area contributed by atoms with Gasteiger partial charge in [-0.25, -0.2) is 5.43 Å². The smallest absolute Gasteiger partial charge is 0.251 e. The third-order valence-electron chi connectivity index (χ3n) is 3.43. The molecule has 0 spiro atoms. The van der Waals surface area contributed by atoms with Crippen LogP contribution < -0.4 is 11.0 Å². The van der Waals surface area contributed by atoms with Crippen LogP contribution >= 0.6 is 12.2 Å². The highest BCUT2D eigenvalue weighted by molar-refractivity contribution is 7.71. The lowest BCUT2D eigenvalue weighted by atomic mass is 10.1. The maximum atomic E-state index is 11.9. The van der Waals surface area contributed by atoms with E-state index in [1.54, 1.807) is 0 Å². The fraction of sp³-hybridized carbons (Fsp3) is 0.294. The van der Waals surface area contributed by atoms with Gasteiger partial charge >= 0.3 is 0 Å². The molecule has 0 aliphatic carbocycles. The molecule has 2 aromatic rings. The summed E-state index contributed by atoms with van der Waals surface area (Å²) in [6, 6.07) is 9.42. The molecular weight excluding hydrogens is 324 g/mol. The molecule has 0 saturated heterocycles. The third-order valence-corrected chi connectivity index (χ3v) is 3.63. The summed E-state index contributed by atoms with van der Waals surface area (Å²) < 4.78 is 0.192. The van der Waals surface area contributed by atoms with E-state index >= 15 is 0 Å². The van der Waals surface area contributed by atoms with E-state index in [-0.39, 0.29) is 22.7 Å². The van der Waals surface area contributed by atoms with Gasteiger partial charge in [0.1, 0.15) is 0 Å². The Morgan fingerprint density at radius 3 is 2.58 bits per heavy atom. The molecule has 0 aliphatic rings. The summed E-state index contributed by atoms with van der Waals surface area (Å²) in [6.07, 6.45) is 2.15. The standard InChI is InChI=1S/C17H20N4O2S/c1-3-4-12-5-7-13(8-6-12)11(2)20-21-16(23)10-14-9-15(22)19-17(24)18-14/h5-9H,3-4,10H2,1-2H3,(H,21,23)(H2,18,19,22,24)/b20-11-. The number of hydrogen-bond donors (Lipinski definition) is 3. The van der Waals surface area contributed by atoms with Gasteiger partial charge in [-0.05, 0) is 36.7 Å². The topological polar surface area (TPSA) is 90.1 Å². The second-order valence-corrected chi connectivity index (χ2v) is 5.88. The van der Waals surface area contributed by atoms with Crippen LogP contribution in [0.15, 0.2) is 40.2 Å². The normalized spacial score (nSPS) is 11.3. The van der Waals surface area contributed by atoms with Crippen LogP contribution in [0, 0.1) is 4.77 Å². The minimum absolute atomic E-state index is 0.000220. The highest BCUT2D eigenvalue weighted by Gasteiger charge is 2.05. The first-order valence-electron chi connectivity index (χ1n) is 7.73. The van der Waals surface area contributed by atoms with Gasteiger partial charge in [0, 0.05) is 11.8 Å². The highest BCUT2D eigenvalue weighted by Crippen LogP contribution is 2.07. The molecule has 0 bridgehead atoms. The van der Waals surface area contributed by atoms with E-state index < -0.39 is 0 Å². The van der Waals surface area contributed by atoms with E-state index in [4.69, 9.17) is 12.2 Å². The first kappa shape index (κ1) is 17.8. The van der Waals surface area contributed by atoms with E-state index in [0.29, 0.717) is 11.4 Å². The Labute approximate surface area is 145 Å². The summed E-state index contributed by atoms with van der Waals surface area (Å²) in [5.74, 6) is -0.326. The number of rotatable bonds is 6. The Morgan fingerprint density at radius 1 is 1.25 bits per heavy atom. The summed E-state index contributed by atoms with van der Waals surface area (Å²) in [5, 5.41) is 4.10. The molecule has 2 rings (SSSR count). The van der Waals surface area contributed by atoms with E-state index in [1.807, 2.05) is 19.1 Å². The monoisotopic (exact) mass is 344 g/mol. The number of benzene rings is 1. The summed E-state index contributed by atoms with van der Waals surface area (Å²) in [6.45, 7) is 3.97. The molecule has 1 amide bonds. The zero-order valence-corrected chi connectivity index (χ0v) is 14.5. The summed E-state index contributed by atoms with van der Waals surface area (Å²) in [4.78, 5) is 28.4. The fourth-order valence-corrected chi connectivity index (χ4v) is 2.47. The summed E-state index contributed by atoms with van der Waals surface area (Å²) >= 11 is 4.87. The molecule has 1 aromatic heterocycles. The number of aryl methyl sites for hydroxylation is 1. The van der Waals surface area contributed by atoms with Crippen LogP contribution in [0.4, 0.5) is 0 Å². The van der Waals surface area contributed by atoms with E-state index in [9.17, 15) is 9.59 Å². The zero-order valence-electron chi connectivity index (χ0n) is 13.7. The van der Waals surface area contributed by atoms with E-state index in [2.05, 4.69) is 39.6 Å². The molecule has 0 atom stereocenters. The molecule has 3 N–H and O–H groups in total. The van der Waals surface area contributed by atoms with Crippen LogP contribution in [0.25, 0.3) is 0 Å².